The molecule has 0 saturated heterocycles. The van der Waals surface area contributed by atoms with E-state index in [2.05, 4.69) is 15.5 Å². The second-order valence-corrected chi connectivity index (χ2v) is 8.19. The molecule has 1 fully saturated rings. The van der Waals surface area contributed by atoms with Crippen LogP contribution in [0.1, 0.15) is 23.7 Å². The minimum atomic E-state index is -0.504. The Morgan fingerprint density at radius 2 is 2.08 bits per heavy atom. The van der Waals surface area contributed by atoms with Crippen LogP contribution in [0.3, 0.4) is 0 Å². The molecule has 134 valence electrons. The molecule has 1 aliphatic rings. The van der Waals surface area contributed by atoms with Gasteiger partial charge in [-0.1, -0.05) is 30.0 Å². The highest BCUT2D eigenvalue weighted by Crippen LogP contribution is 2.37. The van der Waals surface area contributed by atoms with Gasteiger partial charge in [-0.3, -0.25) is 4.79 Å². The maximum absolute atomic E-state index is 13.3. The van der Waals surface area contributed by atoms with Gasteiger partial charge in [0.15, 0.2) is 11.0 Å². The molecule has 8 heteroatoms. The summed E-state index contributed by atoms with van der Waals surface area (Å²) in [7, 11) is 1.89. The number of carbonyl (C=O) groups is 1. The number of carbonyl (C=O) groups excluding carboxylic acids is 1. The summed E-state index contributed by atoms with van der Waals surface area (Å²) in [5.41, 5.74) is 0.746. The summed E-state index contributed by atoms with van der Waals surface area (Å²) in [5.74, 6) is 0.367. The zero-order chi connectivity index (χ0) is 18.1. The van der Waals surface area contributed by atoms with Crippen molar-refractivity contribution in [3.8, 4) is 10.7 Å². The average Bonchev–Trinajstić information content (AvgIpc) is 3.14. The smallest absolute Gasteiger partial charge is 0.238 e. The van der Waals surface area contributed by atoms with Gasteiger partial charge >= 0.3 is 0 Å². The van der Waals surface area contributed by atoms with Crippen LogP contribution in [0, 0.1) is 5.82 Å². The fraction of sp³-hybridized carbons (Fsp3) is 0.278. The van der Waals surface area contributed by atoms with Crippen molar-refractivity contribution in [1.82, 2.24) is 20.1 Å². The van der Waals surface area contributed by atoms with Gasteiger partial charge in [0, 0.05) is 13.1 Å². The molecule has 3 aromatic rings. The molecule has 0 radical (unpaired) electrons. The first kappa shape index (κ1) is 17.2. The molecule has 1 aromatic carbocycles. The number of halogens is 1. The summed E-state index contributed by atoms with van der Waals surface area (Å²) in [4.78, 5) is 13.8. The van der Waals surface area contributed by atoms with Gasteiger partial charge in [-0.05, 0) is 42.0 Å². The summed E-state index contributed by atoms with van der Waals surface area (Å²) in [5, 5.41) is 13.7. The number of amides is 1. The van der Waals surface area contributed by atoms with Gasteiger partial charge in [0.25, 0.3) is 0 Å². The van der Waals surface area contributed by atoms with Crippen molar-refractivity contribution in [3.05, 3.63) is 53.2 Å². The Bertz CT molecular complexity index is 904. The van der Waals surface area contributed by atoms with Gasteiger partial charge < -0.3 is 9.88 Å². The molecule has 2 aromatic heterocycles. The third kappa shape index (κ3) is 3.66. The number of nitrogens with zero attached hydrogens (tertiary/aromatic N) is 3. The van der Waals surface area contributed by atoms with Crippen LogP contribution in [0.5, 0.6) is 0 Å². The molecular weight excluding hydrogens is 371 g/mol. The van der Waals surface area contributed by atoms with E-state index in [1.165, 1.54) is 23.9 Å². The van der Waals surface area contributed by atoms with Gasteiger partial charge in [0.05, 0.1) is 4.88 Å². The molecule has 0 spiro atoms. The Kier molecular flexibility index (Phi) is 4.78. The molecule has 1 unspecified atom stereocenters. The molecule has 1 aliphatic carbocycles. The van der Waals surface area contributed by atoms with Crippen molar-refractivity contribution >= 4 is 29.0 Å². The molecular formula is C18H17FN4OS2. The highest BCUT2D eigenvalue weighted by molar-refractivity contribution is 8.00. The van der Waals surface area contributed by atoms with Crippen molar-refractivity contribution in [2.24, 2.45) is 7.05 Å². The van der Waals surface area contributed by atoms with Gasteiger partial charge in [0.1, 0.15) is 11.1 Å². The highest BCUT2D eigenvalue weighted by Gasteiger charge is 2.30. The minimum absolute atomic E-state index is 0.0789. The first-order valence-corrected chi connectivity index (χ1v) is 10.0. The Hall–Kier alpha value is -2.19. The normalized spacial score (nSPS) is 15.0. The highest BCUT2D eigenvalue weighted by atomic mass is 32.2. The van der Waals surface area contributed by atoms with Crippen LogP contribution in [0.15, 0.2) is 46.9 Å². The van der Waals surface area contributed by atoms with Crippen LogP contribution in [-0.2, 0) is 11.8 Å². The summed E-state index contributed by atoms with van der Waals surface area (Å²) < 4.78 is 15.2. The van der Waals surface area contributed by atoms with E-state index in [0.717, 1.165) is 29.1 Å². The van der Waals surface area contributed by atoms with Crippen molar-refractivity contribution < 1.29 is 9.18 Å². The zero-order valence-corrected chi connectivity index (χ0v) is 15.7. The lowest BCUT2D eigenvalue weighted by molar-refractivity contribution is -0.120. The Balaban J connectivity index is 1.62. The van der Waals surface area contributed by atoms with E-state index < -0.39 is 5.25 Å². The van der Waals surface area contributed by atoms with Gasteiger partial charge in [-0.25, -0.2) is 4.39 Å². The number of benzene rings is 1. The van der Waals surface area contributed by atoms with E-state index >= 15 is 0 Å². The van der Waals surface area contributed by atoms with Gasteiger partial charge in [-0.15, -0.1) is 21.5 Å². The SMILES string of the molecule is Cn1c(SC(C(=O)NC2CC2)c2ccc(F)cc2)nnc1-c1cccs1. The predicted octanol–water partition coefficient (Wildman–Crippen LogP) is 3.79. The largest absolute Gasteiger partial charge is 0.352 e. The lowest BCUT2D eigenvalue weighted by Crippen LogP contribution is -2.29. The van der Waals surface area contributed by atoms with Crippen LogP contribution in [0.4, 0.5) is 4.39 Å². The molecule has 2 heterocycles. The molecule has 4 rings (SSSR count). The van der Waals surface area contributed by atoms with E-state index in [4.69, 9.17) is 0 Å². The van der Waals surface area contributed by atoms with Gasteiger partial charge in [-0.2, -0.15) is 0 Å². The summed E-state index contributed by atoms with van der Waals surface area (Å²) in [6.45, 7) is 0. The van der Waals surface area contributed by atoms with Crippen LogP contribution in [0.25, 0.3) is 10.7 Å². The second-order valence-electron chi connectivity index (χ2n) is 6.17. The lowest BCUT2D eigenvalue weighted by Gasteiger charge is -2.16. The third-order valence-electron chi connectivity index (χ3n) is 4.13. The Labute approximate surface area is 158 Å². The quantitative estimate of drug-likeness (QED) is 0.653. The summed E-state index contributed by atoms with van der Waals surface area (Å²) in [6.07, 6.45) is 2.03. The monoisotopic (exact) mass is 388 g/mol. The zero-order valence-electron chi connectivity index (χ0n) is 14.1. The van der Waals surface area contributed by atoms with Crippen LogP contribution < -0.4 is 5.32 Å². The number of rotatable bonds is 6. The average molecular weight is 388 g/mol. The molecule has 5 nitrogen and oxygen atoms in total. The van der Waals surface area contributed by atoms with E-state index in [9.17, 15) is 9.18 Å². The van der Waals surface area contributed by atoms with Gasteiger partial charge in [0.2, 0.25) is 5.91 Å². The lowest BCUT2D eigenvalue weighted by atomic mass is 10.1. The third-order valence-corrected chi connectivity index (χ3v) is 6.29. The molecule has 1 N–H and O–H groups in total. The maximum Gasteiger partial charge on any atom is 0.238 e. The van der Waals surface area contributed by atoms with E-state index in [1.807, 2.05) is 29.1 Å². The molecule has 0 aliphatic heterocycles. The topological polar surface area (TPSA) is 59.8 Å². The van der Waals surface area contributed by atoms with E-state index in [0.29, 0.717) is 5.16 Å². The molecule has 1 atom stereocenters. The Morgan fingerprint density at radius 3 is 2.73 bits per heavy atom. The van der Waals surface area contributed by atoms with Crippen LogP contribution in [0.2, 0.25) is 0 Å². The summed E-state index contributed by atoms with van der Waals surface area (Å²) >= 11 is 2.92. The predicted molar refractivity (Wildman–Crippen MR) is 100 cm³/mol. The first-order chi connectivity index (χ1) is 12.6. The fourth-order valence-electron chi connectivity index (χ4n) is 2.56. The van der Waals surface area contributed by atoms with E-state index in [1.54, 1.807) is 23.5 Å². The summed E-state index contributed by atoms with van der Waals surface area (Å²) in [6, 6.07) is 10.3. The van der Waals surface area contributed by atoms with E-state index in [-0.39, 0.29) is 17.8 Å². The van der Waals surface area contributed by atoms with Crippen molar-refractivity contribution in [2.45, 2.75) is 29.3 Å². The van der Waals surface area contributed by atoms with Crippen molar-refractivity contribution in [2.75, 3.05) is 0 Å². The Morgan fingerprint density at radius 1 is 1.31 bits per heavy atom. The number of thiophene rings is 1. The molecule has 0 bridgehead atoms. The fourth-order valence-corrected chi connectivity index (χ4v) is 4.31. The number of thioether (sulfide) groups is 1. The number of hydrogen-bond acceptors (Lipinski definition) is 5. The molecule has 26 heavy (non-hydrogen) atoms. The van der Waals surface area contributed by atoms with Crippen molar-refractivity contribution in [3.63, 3.8) is 0 Å². The molecule has 1 amide bonds. The van der Waals surface area contributed by atoms with Crippen LogP contribution >= 0.6 is 23.1 Å². The number of hydrogen-bond donors (Lipinski definition) is 1. The first-order valence-electron chi connectivity index (χ1n) is 8.27. The van der Waals surface area contributed by atoms with Crippen LogP contribution in [-0.4, -0.2) is 26.7 Å². The number of aromatic nitrogens is 3. The van der Waals surface area contributed by atoms with Crippen molar-refractivity contribution in [1.29, 1.82) is 0 Å². The number of nitrogens with one attached hydrogen (secondary N) is 1. The maximum atomic E-state index is 13.3. The minimum Gasteiger partial charge on any atom is -0.352 e. The molecule has 1 saturated carbocycles. The standard InChI is InChI=1S/C18H17FN4OS2/c1-23-16(14-3-2-10-25-14)21-22-18(23)26-15(17(24)20-13-8-9-13)11-4-6-12(19)7-5-11/h2-7,10,13,15H,8-9H2,1H3,(H,20,24). The second kappa shape index (κ2) is 7.20.